The average Bonchev–Trinajstić information content (AvgIpc) is 2.98. The zero-order chi connectivity index (χ0) is 14.7. The molecule has 1 aliphatic carbocycles. The van der Waals surface area contributed by atoms with Gasteiger partial charge in [0.1, 0.15) is 0 Å². The molecular weight excluding hydrogens is 286 g/mol. The van der Waals surface area contributed by atoms with Crippen molar-refractivity contribution < 1.29 is 13.7 Å². The molecule has 4 nitrogen and oxygen atoms in total. The van der Waals surface area contributed by atoms with E-state index in [4.69, 9.17) is 9.47 Å². The van der Waals surface area contributed by atoms with Gasteiger partial charge in [-0.25, -0.2) is 0 Å². The van der Waals surface area contributed by atoms with Crippen LogP contribution >= 0.6 is 0 Å². The lowest BCUT2D eigenvalue weighted by atomic mass is 9.89. The van der Waals surface area contributed by atoms with Crippen LogP contribution in [0.1, 0.15) is 26.2 Å². The molecule has 21 heavy (non-hydrogen) atoms. The summed E-state index contributed by atoms with van der Waals surface area (Å²) >= 11 is 0. The van der Waals surface area contributed by atoms with Gasteiger partial charge in [-0.3, -0.25) is 4.21 Å². The summed E-state index contributed by atoms with van der Waals surface area (Å²) in [7, 11) is -1.05. The maximum Gasteiger partial charge on any atom is 0.169 e. The van der Waals surface area contributed by atoms with Crippen LogP contribution in [0.5, 0.6) is 0 Å². The molecule has 116 valence electrons. The summed E-state index contributed by atoms with van der Waals surface area (Å²) in [6, 6.07) is 9.98. The van der Waals surface area contributed by atoms with Crippen molar-refractivity contribution in [3.8, 4) is 0 Å². The van der Waals surface area contributed by atoms with Gasteiger partial charge in [-0.15, -0.1) is 0 Å². The van der Waals surface area contributed by atoms with Gasteiger partial charge in [0.25, 0.3) is 0 Å². The van der Waals surface area contributed by atoms with Crippen molar-refractivity contribution in [2.24, 2.45) is 0 Å². The summed E-state index contributed by atoms with van der Waals surface area (Å²) in [5.74, 6) is -0.499. The second-order valence-corrected chi connectivity index (χ2v) is 7.34. The molecule has 2 aliphatic rings. The minimum atomic E-state index is -1.05. The molecule has 0 radical (unpaired) electrons. The minimum absolute atomic E-state index is 0.0270. The summed E-state index contributed by atoms with van der Waals surface area (Å²) in [5, 5.41) is 3.51. The fourth-order valence-corrected chi connectivity index (χ4v) is 5.03. The minimum Gasteiger partial charge on any atom is -0.347 e. The van der Waals surface area contributed by atoms with E-state index in [1.165, 1.54) is 0 Å². The van der Waals surface area contributed by atoms with Crippen LogP contribution in [0, 0.1) is 0 Å². The second-order valence-electron chi connectivity index (χ2n) is 5.66. The molecule has 1 N–H and O–H groups in total. The van der Waals surface area contributed by atoms with Crippen molar-refractivity contribution in [1.82, 2.24) is 5.32 Å². The molecule has 1 heterocycles. The first-order chi connectivity index (χ1) is 10.2. The monoisotopic (exact) mass is 309 g/mol. The SMILES string of the molecule is CCNC1CCC2(CC1S(=O)c1ccccc1)OCCO2. The van der Waals surface area contributed by atoms with E-state index in [-0.39, 0.29) is 11.3 Å². The van der Waals surface area contributed by atoms with Crippen LogP contribution in [0.2, 0.25) is 0 Å². The van der Waals surface area contributed by atoms with E-state index in [0.29, 0.717) is 19.6 Å². The van der Waals surface area contributed by atoms with Crippen molar-refractivity contribution in [3.05, 3.63) is 30.3 Å². The summed E-state index contributed by atoms with van der Waals surface area (Å²) in [6.07, 6.45) is 2.52. The molecule has 1 aromatic carbocycles. The lowest BCUT2D eigenvalue weighted by molar-refractivity contribution is -0.178. The Morgan fingerprint density at radius 2 is 2.00 bits per heavy atom. The van der Waals surface area contributed by atoms with Crippen LogP contribution in [0.25, 0.3) is 0 Å². The third-order valence-electron chi connectivity index (χ3n) is 4.33. The summed E-state index contributed by atoms with van der Waals surface area (Å²) in [4.78, 5) is 0.889. The molecule has 1 spiro atoms. The predicted molar refractivity (Wildman–Crippen MR) is 82.6 cm³/mol. The van der Waals surface area contributed by atoms with Gasteiger partial charge in [-0.05, 0) is 25.1 Å². The smallest absolute Gasteiger partial charge is 0.169 e. The molecule has 1 aliphatic heterocycles. The van der Waals surface area contributed by atoms with Crippen LogP contribution in [-0.4, -0.2) is 41.0 Å². The number of ether oxygens (including phenoxy) is 2. The maximum atomic E-state index is 13.0. The van der Waals surface area contributed by atoms with Gasteiger partial charge in [0, 0.05) is 23.8 Å². The number of benzene rings is 1. The van der Waals surface area contributed by atoms with Gasteiger partial charge in [-0.2, -0.15) is 0 Å². The number of rotatable bonds is 4. The molecule has 3 atom stereocenters. The molecule has 1 aromatic rings. The first kappa shape index (κ1) is 15.2. The van der Waals surface area contributed by atoms with Crippen LogP contribution in [0.4, 0.5) is 0 Å². The van der Waals surface area contributed by atoms with Crippen LogP contribution < -0.4 is 5.32 Å². The molecular formula is C16H23NO3S. The second kappa shape index (κ2) is 6.57. The Kier molecular flexibility index (Phi) is 4.74. The third-order valence-corrected chi connectivity index (χ3v) is 6.11. The molecule has 1 saturated heterocycles. The molecule has 0 amide bonds. The molecule has 2 fully saturated rings. The molecule has 3 unspecified atom stereocenters. The van der Waals surface area contributed by atoms with Crippen molar-refractivity contribution in [2.45, 2.75) is 48.2 Å². The van der Waals surface area contributed by atoms with Crippen molar-refractivity contribution in [1.29, 1.82) is 0 Å². The number of hydrogen-bond donors (Lipinski definition) is 1. The average molecular weight is 309 g/mol. The third kappa shape index (κ3) is 3.21. The van der Waals surface area contributed by atoms with Gasteiger partial charge in [0.05, 0.1) is 29.3 Å². The zero-order valence-electron chi connectivity index (χ0n) is 12.4. The summed E-state index contributed by atoms with van der Waals surface area (Å²) in [6.45, 7) is 4.28. The van der Waals surface area contributed by atoms with Gasteiger partial charge in [0.15, 0.2) is 5.79 Å². The predicted octanol–water partition coefficient (Wildman–Crippen LogP) is 2.07. The quantitative estimate of drug-likeness (QED) is 0.925. The normalized spacial score (nSPS) is 29.6. The maximum absolute atomic E-state index is 13.0. The lowest BCUT2D eigenvalue weighted by Crippen LogP contribution is -2.52. The Bertz CT molecular complexity index is 488. The number of nitrogens with one attached hydrogen (secondary N) is 1. The summed E-state index contributed by atoms with van der Waals surface area (Å²) in [5.41, 5.74) is 0. The first-order valence-corrected chi connectivity index (χ1v) is 8.92. The molecule has 0 aromatic heterocycles. The Morgan fingerprint density at radius 1 is 1.29 bits per heavy atom. The fraction of sp³-hybridized carbons (Fsp3) is 0.625. The van der Waals surface area contributed by atoms with Crippen molar-refractivity contribution in [3.63, 3.8) is 0 Å². The standard InChI is InChI=1S/C16H23NO3S/c1-2-17-14-8-9-16(19-10-11-20-16)12-15(14)21(18)13-6-4-3-5-7-13/h3-7,14-15,17H,2,8-12H2,1H3. The Labute approximate surface area is 128 Å². The topological polar surface area (TPSA) is 47.6 Å². The van der Waals surface area contributed by atoms with E-state index >= 15 is 0 Å². The summed E-state index contributed by atoms with van der Waals surface area (Å²) < 4.78 is 24.7. The Morgan fingerprint density at radius 3 is 2.67 bits per heavy atom. The highest BCUT2D eigenvalue weighted by molar-refractivity contribution is 7.85. The zero-order valence-corrected chi connectivity index (χ0v) is 13.2. The van der Waals surface area contributed by atoms with E-state index < -0.39 is 16.6 Å². The van der Waals surface area contributed by atoms with Crippen LogP contribution in [0.15, 0.2) is 35.2 Å². The van der Waals surface area contributed by atoms with Gasteiger partial charge < -0.3 is 14.8 Å². The molecule has 3 rings (SSSR count). The van der Waals surface area contributed by atoms with Gasteiger partial charge in [0.2, 0.25) is 0 Å². The van der Waals surface area contributed by atoms with Crippen LogP contribution in [0.3, 0.4) is 0 Å². The number of hydrogen-bond acceptors (Lipinski definition) is 4. The molecule has 5 heteroatoms. The first-order valence-electron chi connectivity index (χ1n) is 7.71. The Balaban J connectivity index is 1.81. The van der Waals surface area contributed by atoms with Crippen molar-refractivity contribution in [2.75, 3.05) is 19.8 Å². The molecule has 0 bridgehead atoms. The van der Waals surface area contributed by atoms with E-state index in [1.54, 1.807) is 0 Å². The highest BCUT2D eigenvalue weighted by atomic mass is 32.2. The van der Waals surface area contributed by atoms with Crippen LogP contribution in [-0.2, 0) is 20.3 Å². The van der Waals surface area contributed by atoms with Gasteiger partial charge in [-0.1, -0.05) is 25.1 Å². The van der Waals surface area contributed by atoms with E-state index in [2.05, 4.69) is 12.2 Å². The van der Waals surface area contributed by atoms with Gasteiger partial charge >= 0.3 is 0 Å². The highest BCUT2D eigenvalue weighted by Crippen LogP contribution is 2.38. The van der Waals surface area contributed by atoms with E-state index in [0.717, 1.165) is 24.3 Å². The van der Waals surface area contributed by atoms with Crippen molar-refractivity contribution >= 4 is 10.8 Å². The Hall–Kier alpha value is -0.750. The lowest BCUT2D eigenvalue weighted by Gasteiger charge is -2.40. The fourth-order valence-electron chi connectivity index (χ4n) is 3.32. The van der Waals surface area contributed by atoms with E-state index in [1.807, 2.05) is 30.3 Å². The molecule has 1 saturated carbocycles. The highest BCUT2D eigenvalue weighted by Gasteiger charge is 2.47. The van der Waals surface area contributed by atoms with E-state index in [9.17, 15) is 4.21 Å². The largest absolute Gasteiger partial charge is 0.347 e.